The van der Waals surface area contributed by atoms with Gasteiger partial charge in [-0.1, -0.05) is 51.0 Å². The number of nitrogens with zero attached hydrogens (tertiary/aromatic N) is 1. The van der Waals surface area contributed by atoms with E-state index in [2.05, 4.69) is 38.1 Å². The largest absolute Gasteiger partial charge is 0.444 e. The molecule has 22 heavy (non-hydrogen) atoms. The highest BCUT2D eigenvalue weighted by Crippen LogP contribution is 2.37. The zero-order valence-corrected chi connectivity index (χ0v) is 14.6. The highest BCUT2D eigenvalue weighted by molar-refractivity contribution is 5.69. The first-order valence-electron chi connectivity index (χ1n) is 8.41. The van der Waals surface area contributed by atoms with Crippen LogP contribution in [0.5, 0.6) is 0 Å². The maximum Gasteiger partial charge on any atom is 0.410 e. The van der Waals surface area contributed by atoms with Crippen LogP contribution in [0.15, 0.2) is 24.3 Å². The Bertz CT molecular complexity index is 514. The van der Waals surface area contributed by atoms with E-state index >= 15 is 0 Å². The van der Waals surface area contributed by atoms with Crippen molar-refractivity contribution in [1.82, 2.24) is 4.90 Å². The van der Waals surface area contributed by atoms with E-state index in [9.17, 15) is 4.79 Å². The van der Waals surface area contributed by atoms with Crippen LogP contribution < -0.4 is 0 Å². The Labute approximate surface area is 134 Å². The lowest BCUT2D eigenvalue weighted by molar-refractivity contribution is 0.0188. The maximum absolute atomic E-state index is 12.5. The summed E-state index contributed by atoms with van der Waals surface area (Å²) in [6.45, 7) is 11.6. The fraction of sp³-hybridized carbons (Fsp3) is 0.632. The van der Waals surface area contributed by atoms with Gasteiger partial charge in [0.05, 0.1) is 0 Å². The third-order valence-corrected chi connectivity index (χ3v) is 4.50. The first-order valence-corrected chi connectivity index (χ1v) is 8.41. The molecule has 1 unspecified atom stereocenters. The number of hydrogen-bond acceptors (Lipinski definition) is 2. The molecular weight excluding hydrogens is 274 g/mol. The van der Waals surface area contributed by atoms with E-state index in [1.807, 2.05) is 25.7 Å². The molecule has 0 spiro atoms. The second kappa shape index (κ2) is 6.72. The van der Waals surface area contributed by atoms with E-state index in [1.165, 1.54) is 11.1 Å². The minimum Gasteiger partial charge on any atom is -0.444 e. The van der Waals surface area contributed by atoms with Crippen LogP contribution in [-0.2, 0) is 11.3 Å². The molecule has 122 valence electrons. The summed E-state index contributed by atoms with van der Waals surface area (Å²) in [5.41, 5.74) is 2.23. The number of benzene rings is 1. The topological polar surface area (TPSA) is 29.5 Å². The van der Waals surface area contributed by atoms with Gasteiger partial charge in [0.2, 0.25) is 0 Å². The SMILES string of the molecule is CCC(CC)C1CN(C(=O)OC(C)(C)C)Cc2ccccc21. The molecule has 2 rings (SSSR count). The van der Waals surface area contributed by atoms with Gasteiger partial charge in [-0.3, -0.25) is 0 Å². The number of rotatable bonds is 3. The van der Waals surface area contributed by atoms with Crippen LogP contribution in [0.25, 0.3) is 0 Å². The molecule has 0 bridgehead atoms. The second-order valence-corrected chi connectivity index (χ2v) is 7.24. The van der Waals surface area contributed by atoms with Gasteiger partial charge in [-0.05, 0) is 37.8 Å². The van der Waals surface area contributed by atoms with E-state index in [4.69, 9.17) is 4.74 Å². The van der Waals surface area contributed by atoms with E-state index in [0.717, 1.165) is 19.4 Å². The molecule has 0 saturated heterocycles. The van der Waals surface area contributed by atoms with Crippen LogP contribution in [0.4, 0.5) is 4.79 Å². The summed E-state index contributed by atoms with van der Waals surface area (Å²) in [5.74, 6) is 1.01. The lowest BCUT2D eigenvalue weighted by atomic mass is 9.78. The van der Waals surface area contributed by atoms with Crippen LogP contribution in [-0.4, -0.2) is 23.1 Å². The summed E-state index contributed by atoms with van der Waals surface area (Å²) in [7, 11) is 0. The highest BCUT2D eigenvalue weighted by Gasteiger charge is 2.33. The first-order chi connectivity index (χ1) is 10.4. The molecule has 0 fully saturated rings. The molecule has 1 aliphatic rings. The number of fused-ring (bicyclic) bond motifs is 1. The van der Waals surface area contributed by atoms with E-state index < -0.39 is 5.60 Å². The number of amides is 1. The third-order valence-electron chi connectivity index (χ3n) is 4.50. The lowest BCUT2D eigenvalue weighted by Crippen LogP contribution is -2.42. The number of ether oxygens (including phenoxy) is 1. The molecule has 1 aliphatic heterocycles. The van der Waals surface area contributed by atoms with Crippen molar-refractivity contribution in [3.8, 4) is 0 Å². The van der Waals surface area contributed by atoms with Gasteiger partial charge in [0.25, 0.3) is 0 Å². The summed E-state index contributed by atoms with van der Waals surface area (Å²) in [6.07, 6.45) is 2.08. The van der Waals surface area contributed by atoms with Crippen molar-refractivity contribution in [2.45, 2.75) is 65.5 Å². The summed E-state index contributed by atoms with van der Waals surface area (Å²) >= 11 is 0. The molecule has 3 nitrogen and oxygen atoms in total. The molecule has 0 radical (unpaired) electrons. The van der Waals surface area contributed by atoms with Gasteiger partial charge >= 0.3 is 6.09 Å². The molecule has 1 heterocycles. The monoisotopic (exact) mass is 303 g/mol. The van der Waals surface area contributed by atoms with Gasteiger partial charge in [-0.25, -0.2) is 4.79 Å². The van der Waals surface area contributed by atoms with Gasteiger partial charge in [0.15, 0.2) is 0 Å². The second-order valence-electron chi connectivity index (χ2n) is 7.24. The molecule has 3 heteroatoms. The van der Waals surface area contributed by atoms with Gasteiger partial charge in [-0.15, -0.1) is 0 Å². The van der Waals surface area contributed by atoms with Gasteiger partial charge in [-0.2, -0.15) is 0 Å². The fourth-order valence-electron chi connectivity index (χ4n) is 3.37. The first kappa shape index (κ1) is 16.9. The molecule has 1 aromatic carbocycles. The molecule has 0 aliphatic carbocycles. The Kier molecular flexibility index (Phi) is 5.15. The summed E-state index contributed by atoms with van der Waals surface area (Å²) in [5, 5.41) is 0. The van der Waals surface area contributed by atoms with Crippen molar-refractivity contribution in [3.63, 3.8) is 0 Å². The van der Waals surface area contributed by atoms with Gasteiger partial charge < -0.3 is 9.64 Å². The quantitative estimate of drug-likeness (QED) is 0.790. The Morgan fingerprint density at radius 3 is 2.50 bits per heavy atom. The van der Waals surface area contributed by atoms with Crippen LogP contribution in [0, 0.1) is 5.92 Å². The number of hydrogen-bond donors (Lipinski definition) is 0. The van der Waals surface area contributed by atoms with Crippen LogP contribution >= 0.6 is 0 Å². The third kappa shape index (κ3) is 3.82. The normalized spacial score (nSPS) is 18.3. The molecule has 0 saturated carbocycles. The van der Waals surface area contributed by atoms with Crippen molar-refractivity contribution < 1.29 is 9.53 Å². The minimum absolute atomic E-state index is 0.196. The maximum atomic E-state index is 12.5. The number of carbonyl (C=O) groups excluding carboxylic acids is 1. The zero-order valence-electron chi connectivity index (χ0n) is 14.6. The molecule has 0 N–H and O–H groups in total. The van der Waals surface area contributed by atoms with Crippen molar-refractivity contribution in [3.05, 3.63) is 35.4 Å². The minimum atomic E-state index is -0.446. The van der Waals surface area contributed by atoms with Gasteiger partial charge in [0.1, 0.15) is 5.60 Å². The Morgan fingerprint density at radius 2 is 1.91 bits per heavy atom. The Hall–Kier alpha value is -1.51. The van der Waals surface area contributed by atoms with Crippen LogP contribution in [0.1, 0.15) is 64.5 Å². The zero-order chi connectivity index (χ0) is 16.3. The molecule has 1 amide bonds. The Balaban J connectivity index is 2.26. The van der Waals surface area contributed by atoms with Crippen LogP contribution in [0.3, 0.4) is 0 Å². The molecule has 1 atom stereocenters. The van der Waals surface area contributed by atoms with Crippen molar-refractivity contribution in [1.29, 1.82) is 0 Å². The standard InChI is InChI=1S/C19H29NO2/c1-6-14(7-2)17-13-20(18(21)22-19(3,4)5)12-15-10-8-9-11-16(15)17/h8-11,14,17H,6-7,12-13H2,1-5H3. The van der Waals surface area contributed by atoms with Crippen molar-refractivity contribution in [2.75, 3.05) is 6.54 Å². The van der Waals surface area contributed by atoms with Gasteiger partial charge in [0, 0.05) is 19.0 Å². The predicted octanol–water partition coefficient (Wildman–Crippen LogP) is 4.96. The smallest absolute Gasteiger partial charge is 0.410 e. The Morgan fingerprint density at radius 1 is 1.27 bits per heavy atom. The highest BCUT2D eigenvalue weighted by atomic mass is 16.6. The fourth-order valence-corrected chi connectivity index (χ4v) is 3.37. The molecular formula is C19H29NO2. The van der Waals surface area contributed by atoms with E-state index in [0.29, 0.717) is 18.4 Å². The summed E-state index contributed by atoms with van der Waals surface area (Å²) < 4.78 is 5.57. The van der Waals surface area contributed by atoms with Crippen molar-refractivity contribution in [2.24, 2.45) is 5.92 Å². The number of carbonyl (C=O) groups is 1. The lowest BCUT2D eigenvalue weighted by Gasteiger charge is -2.38. The average Bonchev–Trinajstić information content (AvgIpc) is 2.46. The predicted molar refractivity (Wildman–Crippen MR) is 89.9 cm³/mol. The molecule has 0 aromatic heterocycles. The summed E-state index contributed by atoms with van der Waals surface area (Å²) in [4.78, 5) is 14.3. The van der Waals surface area contributed by atoms with Crippen LogP contribution in [0.2, 0.25) is 0 Å². The van der Waals surface area contributed by atoms with E-state index in [1.54, 1.807) is 0 Å². The molecule has 1 aromatic rings. The average molecular weight is 303 g/mol. The van der Waals surface area contributed by atoms with Crippen molar-refractivity contribution >= 4 is 6.09 Å². The van der Waals surface area contributed by atoms with E-state index in [-0.39, 0.29) is 6.09 Å². The summed E-state index contributed by atoms with van der Waals surface area (Å²) in [6, 6.07) is 8.53.